The minimum atomic E-state index is -0.462. The zero-order valence-corrected chi connectivity index (χ0v) is 19.5. The molecule has 4 aromatic rings. The van der Waals surface area contributed by atoms with Crippen molar-refractivity contribution in [3.8, 4) is 11.5 Å². The number of fused-ring (bicyclic) bond motifs is 1. The fraction of sp³-hybridized carbons (Fsp3) is 0.190. The third-order valence-electron chi connectivity index (χ3n) is 4.79. The van der Waals surface area contributed by atoms with Crippen LogP contribution in [-0.2, 0) is 12.8 Å². The molecule has 0 saturated heterocycles. The second-order valence-electron chi connectivity index (χ2n) is 6.78. The monoisotopic (exact) mass is 516 g/mol. The minimum absolute atomic E-state index is 0.0698. The van der Waals surface area contributed by atoms with Crippen LogP contribution >= 0.6 is 27.3 Å². The van der Waals surface area contributed by atoms with E-state index in [4.69, 9.17) is 9.47 Å². The summed E-state index contributed by atoms with van der Waals surface area (Å²) in [6.07, 6.45) is 2.43. The number of hydrogen-bond donors (Lipinski definition) is 0. The van der Waals surface area contributed by atoms with Crippen molar-refractivity contribution < 1.29 is 14.4 Å². The molecule has 2 heterocycles. The molecular formula is C21H17BrN4O5S. The van der Waals surface area contributed by atoms with Crippen molar-refractivity contribution in [3.63, 3.8) is 0 Å². The molecule has 0 atom stereocenters. The predicted molar refractivity (Wildman–Crippen MR) is 124 cm³/mol. The maximum atomic E-state index is 12.7. The summed E-state index contributed by atoms with van der Waals surface area (Å²) >= 11 is 4.64. The first-order chi connectivity index (χ1) is 15.4. The van der Waals surface area contributed by atoms with Crippen LogP contribution < -0.4 is 19.6 Å². The van der Waals surface area contributed by atoms with Crippen molar-refractivity contribution in [1.29, 1.82) is 0 Å². The van der Waals surface area contributed by atoms with E-state index < -0.39 is 4.92 Å². The van der Waals surface area contributed by atoms with Gasteiger partial charge in [-0.1, -0.05) is 39.4 Å². The Balaban J connectivity index is 1.60. The van der Waals surface area contributed by atoms with Gasteiger partial charge in [-0.25, -0.2) is 4.98 Å². The summed E-state index contributed by atoms with van der Waals surface area (Å²) in [6, 6.07) is 10.5. The highest BCUT2D eigenvalue weighted by atomic mass is 79.9. The van der Waals surface area contributed by atoms with E-state index in [1.807, 2.05) is 24.3 Å². The molecule has 4 rings (SSSR count). The largest absolute Gasteiger partial charge is 0.493 e. The van der Waals surface area contributed by atoms with Crippen LogP contribution in [0.5, 0.6) is 11.5 Å². The van der Waals surface area contributed by atoms with Crippen molar-refractivity contribution in [2.24, 2.45) is 0 Å². The third-order valence-corrected chi connectivity index (χ3v) is 6.28. The molecule has 0 saturated carbocycles. The van der Waals surface area contributed by atoms with Crippen LogP contribution in [0.25, 0.3) is 11.0 Å². The molecule has 0 N–H and O–H groups in total. The molecule has 2 aromatic carbocycles. The zero-order valence-electron chi connectivity index (χ0n) is 17.1. The van der Waals surface area contributed by atoms with Gasteiger partial charge in [-0.15, -0.1) is 5.10 Å². The maximum absolute atomic E-state index is 12.7. The molecule has 0 aliphatic heterocycles. The fourth-order valence-electron chi connectivity index (χ4n) is 3.22. The van der Waals surface area contributed by atoms with E-state index >= 15 is 0 Å². The lowest BCUT2D eigenvalue weighted by molar-refractivity contribution is -0.385. The Bertz CT molecular complexity index is 1410. The Morgan fingerprint density at radius 3 is 2.47 bits per heavy atom. The maximum Gasteiger partial charge on any atom is 0.291 e. The number of rotatable bonds is 7. The number of methoxy groups -OCH3 is 2. The molecule has 164 valence electrons. The fourth-order valence-corrected chi connectivity index (χ4v) is 4.41. The smallest absolute Gasteiger partial charge is 0.291 e. The molecule has 0 unspecified atom stereocenters. The van der Waals surface area contributed by atoms with Gasteiger partial charge >= 0.3 is 0 Å². The van der Waals surface area contributed by atoms with Crippen LogP contribution in [-0.4, -0.2) is 33.7 Å². The van der Waals surface area contributed by atoms with E-state index in [-0.39, 0.29) is 17.0 Å². The number of benzene rings is 2. The normalized spacial score (nSPS) is 11.8. The predicted octanol–water partition coefficient (Wildman–Crippen LogP) is 3.17. The zero-order chi connectivity index (χ0) is 22.8. The molecule has 0 aliphatic rings. The summed E-state index contributed by atoms with van der Waals surface area (Å²) in [5, 5.41) is 15.8. The highest BCUT2D eigenvalue weighted by molar-refractivity contribution is 9.10. The highest BCUT2D eigenvalue weighted by Crippen LogP contribution is 2.35. The van der Waals surface area contributed by atoms with E-state index in [2.05, 4.69) is 26.0 Å². The standard InChI is InChI=1S/C21H17BrN4O5S/c1-30-16-10-13(15(26(28)29)11-17(16)31-2)5-8-19-23-21-25(24-19)20(27)18(32-21)9-12-3-6-14(22)7-4-12/h3-4,6-7,9-11H,5,8H2,1-2H3/b18-9-. The van der Waals surface area contributed by atoms with Crippen LogP contribution in [0.4, 0.5) is 5.69 Å². The number of aromatic nitrogens is 3. The molecule has 0 amide bonds. The average Bonchev–Trinajstić information content (AvgIpc) is 3.31. The van der Waals surface area contributed by atoms with Crippen LogP contribution in [0.1, 0.15) is 17.0 Å². The second kappa shape index (κ2) is 9.05. The SMILES string of the molecule is COc1cc(CCc2nc3s/c(=C\c4ccc(Br)cc4)c(=O)n3n2)c([N+](=O)[O-])cc1OC. The van der Waals surface area contributed by atoms with Gasteiger partial charge < -0.3 is 9.47 Å². The summed E-state index contributed by atoms with van der Waals surface area (Å²) in [5.41, 5.74) is 1.05. The van der Waals surface area contributed by atoms with Crippen LogP contribution in [0.15, 0.2) is 45.7 Å². The van der Waals surface area contributed by atoms with Gasteiger partial charge in [-0.2, -0.15) is 4.52 Å². The van der Waals surface area contributed by atoms with E-state index in [9.17, 15) is 14.9 Å². The third kappa shape index (κ3) is 4.34. The van der Waals surface area contributed by atoms with Gasteiger partial charge in [0.2, 0.25) is 4.96 Å². The van der Waals surface area contributed by atoms with Crippen LogP contribution in [0, 0.1) is 10.1 Å². The highest BCUT2D eigenvalue weighted by Gasteiger charge is 2.20. The number of nitro benzene ring substituents is 1. The number of nitro groups is 1. The molecule has 32 heavy (non-hydrogen) atoms. The van der Waals surface area contributed by atoms with Gasteiger partial charge in [0.1, 0.15) is 0 Å². The molecule has 11 heteroatoms. The van der Waals surface area contributed by atoms with Crippen molar-refractivity contribution >= 4 is 44.0 Å². The van der Waals surface area contributed by atoms with E-state index in [1.54, 1.807) is 12.1 Å². The van der Waals surface area contributed by atoms with Crippen molar-refractivity contribution in [1.82, 2.24) is 14.6 Å². The summed E-state index contributed by atoms with van der Waals surface area (Å²) in [4.78, 5) is 28.6. The number of halogens is 1. The lowest BCUT2D eigenvalue weighted by Gasteiger charge is -2.10. The second-order valence-corrected chi connectivity index (χ2v) is 8.71. The van der Waals surface area contributed by atoms with Gasteiger partial charge in [0.15, 0.2) is 17.3 Å². The van der Waals surface area contributed by atoms with Gasteiger partial charge in [0.05, 0.1) is 29.7 Å². The molecule has 0 radical (unpaired) electrons. The van der Waals surface area contributed by atoms with E-state index in [1.165, 1.54) is 36.1 Å². The Labute approximate surface area is 194 Å². The molecule has 9 nitrogen and oxygen atoms in total. The number of aryl methyl sites for hydroxylation is 2. The molecule has 0 fully saturated rings. The minimum Gasteiger partial charge on any atom is -0.493 e. The van der Waals surface area contributed by atoms with Gasteiger partial charge in [0.25, 0.3) is 11.2 Å². The average molecular weight is 517 g/mol. The number of thiazole rings is 1. The molecule has 2 aromatic heterocycles. The summed E-state index contributed by atoms with van der Waals surface area (Å²) in [7, 11) is 2.89. The first-order valence-electron chi connectivity index (χ1n) is 9.44. The topological polar surface area (TPSA) is 109 Å². The molecule has 0 aliphatic carbocycles. The van der Waals surface area contributed by atoms with E-state index in [0.29, 0.717) is 39.5 Å². The van der Waals surface area contributed by atoms with Crippen LogP contribution in [0.2, 0.25) is 0 Å². The van der Waals surface area contributed by atoms with Gasteiger partial charge in [-0.3, -0.25) is 14.9 Å². The molecule has 0 bridgehead atoms. The number of hydrogen-bond acceptors (Lipinski definition) is 8. The van der Waals surface area contributed by atoms with Crippen molar-refractivity contribution in [2.75, 3.05) is 14.2 Å². The number of ether oxygens (including phenoxy) is 2. The Hall–Kier alpha value is -3.31. The summed E-state index contributed by atoms with van der Waals surface area (Å²) in [6.45, 7) is 0. The lowest BCUT2D eigenvalue weighted by Crippen LogP contribution is -2.23. The first-order valence-corrected chi connectivity index (χ1v) is 11.1. The van der Waals surface area contributed by atoms with Gasteiger partial charge in [-0.05, 0) is 36.3 Å². The first kappa shape index (κ1) is 21.9. The quantitative estimate of drug-likeness (QED) is 0.274. The van der Waals surface area contributed by atoms with Crippen LogP contribution in [0.3, 0.4) is 0 Å². The Kier molecular flexibility index (Phi) is 6.19. The molecule has 0 spiro atoms. The van der Waals surface area contributed by atoms with Gasteiger partial charge in [0, 0.05) is 16.5 Å². The van der Waals surface area contributed by atoms with E-state index in [0.717, 1.165) is 10.0 Å². The Morgan fingerprint density at radius 1 is 1.16 bits per heavy atom. The summed E-state index contributed by atoms with van der Waals surface area (Å²) < 4.78 is 13.2. The van der Waals surface area contributed by atoms with Crippen molar-refractivity contribution in [2.45, 2.75) is 12.8 Å². The van der Waals surface area contributed by atoms with Crippen molar-refractivity contribution in [3.05, 3.63) is 82.8 Å². The summed E-state index contributed by atoms with van der Waals surface area (Å²) in [5.74, 6) is 1.13. The molecular weight excluding hydrogens is 500 g/mol. The lowest BCUT2D eigenvalue weighted by atomic mass is 10.1. The Morgan fingerprint density at radius 2 is 1.84 bits per heavy atom. The number of nitrogens with zero attached hydrogens (tertiary/aromatic N) is 4.